The van der Waals surface area contributed by atoms with Crippen LogP contribution in [0.5, 0.6) is 0 Å². The molecule has 102 valence electrons. The van der Waals surface area contributed by atoms with E-state index in [0.29, 0.717) is 12.1 Å². The fourth-order valence-corrected chi connectivity index (χ4v) is 2.20. The first-order chi connectivity index (χ1) is 8.47. The minimum atomic E-state index is -0.877. The monoisotopic (exact) mass is 291 g/mol. The Bertz CT molecular complexity index is 427. The lowest BCUT2D eigenvalue weighted by atomic mass is 10.0. The summed E-state index contributed by atoms with van der Waals surface area (Å²) in [6, 6.07) is 4.91. The van der Waals surface area contributed by atoms with E-state index in [9.17, 15) is 8.60 Å². The van der Waals surface area contributed by atoms with Gasteiger partial charge in [-0.1, -0.05) is 30.7 Å². The maximum atomic E-state index is 13.9. The van der Waals surface area contributed by atoms with Crippen LogP contribution in [0.4, 0.5) is 4.39 Å². The zero-order valence-corrected chi connectivity index (χ0v) is 12.4. The van der Waals surface area contributed by atoms with Crippen molar-refractivity contribution in [3.05, 3.63) is 34.6 Å². The summed E-state index contributed by atoms with van der Waals surface area (Å²) < 4.78 is 25.2. The van der Waals surface area contributed by atoms with Gasteiger partial charge >= 0.3 is 0 Å². The number of rotatable bonds is 6. The number of hydrogen-bond donors (Lipinski definition) is 1. The van der Waals surface area contributed by atoms with Crippen molar-refractivity contribution in [1.82, 2.24) is 5.32 Å². The second-order valence-electron chi connectivity index (χ2n) is 4.32. The zero-order valence-electron chi connectivity index (χ0n) is 10.9. The molecule has 0 bridgehead atoms. The van der Waals surface area contributed by atoms with Gasteiger partial charge < -0.3 is 5.32 Å². The van der Waals surface area contributed by atoms with Gasteiger partial charge in [-0.3, -0.25) is 4.21 Å². The first-order valence-corrected chi connectivity index (χ1v) is 7.96. The minimum absolute atomic E-state index is 0.0429. The number of nitrogens with one attached hydrogen (secondary N) is 1. The van der Waals surface area contributed by atoms with Crippen molar-refractivity contribution in [3.8, 4) is 0 Å². The van der Waals surface area contributed by atoms with E-state index in [-0.39, 0.29) is 22.1 Å². The van der Waals surface area contributed by atoms with E-state index in [1.165, 1.54) is 6.07 Å². The lowest BCUT2D eigenvalue weighted by molar-refractivity contribution is 0.489. The van der Waals surface area contributed by atoms with Crippen LogP contribution in [0, 0.1) is 5.82 Å². The quantitative estimate of drug-likeness (QED) is 0.871. The maximum absolute atomic E-state index is 13.9. The van der Waals surface area contributed by atoms with E-state index in [0.717, 1.165) is 6.42 Å². The molecule has 0 radical (unpaired) electrons. The average molecular weight is 292 g/mol. The average Bonchev–Trinajstić information content (AvgIpc) is 2.34. The molecular weight excluding hydrogens is 273 g/mol. The van der Waals surface area contributed by atoms with Crippen molar-refractivity contribution in [1.29, 1.82) is 0 Å². The molecule has 18 heavy (non-hydrogen) atoms. The van der Waals surface area contributed by atoms with Gasteiger partial charge in [-0.15, -0.1) is 0 Å². The molecule has 0 spiro atoms. The summed E-state index contributed by atoms with van der Waals surface area (Å²) in [5.74, 6) is -0.371. The van der Waals surface area contributed by atoms with Crippen molar-refractivity contribution in [2.75, 3.05) is 12.8 Å². The van der Waals surface area contributed by atoms with Crippen molar-refractivity contribution in [3.63, 3.8) is 0 Å². The highest BCUT2D eigenvalue weighted by molar-refractivity contribution is 7.84. The van der Waals surface area contributed by atoms with Gasteiger partial charge in [0.25, 0.3) is 0 Å². The molecule has 0 fully saturated rings. The SMILES string of the molecule is CC[C@H](NC[C@@H](C)[S@](C)=O)c1cccc(Cl)c1F. The van der Waals surface area contributed by atoms with Gasteiger partial charge in [0.2, 0.25) is 0 Å². The molecule has 3 atom stereocenters. The first-order valence-electron chi connectivity index (χ1n) is 5.96. The van der Waals surface area contributed by atoms with Gasteiger partial charge in [0.05, 0.1) is 5.02 Å². The largest absolute Gasteiger partial charge is 0.309 e. The standard InChI is InChI=1S/C13H19ClFNOS/c1-4-12(16-8-9(2)18(3)17)10-6-5-7-11(14)13(10)15/h5-7,9,12,16H,4,8H2,1-3H3/t9-,12+,18+/m1/s1. The van der Waals surface area contributed by atoms with Crippen LogP contribution >= 0.6 is 11.6 Å². The molecule has 1 aromatic rings. The molecule has 0 aliphatic heterocycles. The molecule has 5 heteroatoms. The summed E-state index contributed by atoms with van der Waals surface area (Å²) in [4.78, 5) is 0. The maximum Gasteiger partial charge on any atom is 0.146 e. The molecule has 0 unspecified atom stereocenters. The molecule has 0 heterocycles. The van der Waals surface area contributed by atoms with Gasteiger partial charge in [0, 0.05) is 40.5 Å². The molecule has 2 nitrogen and oxygen atoms in total. The van der Waals surface area contributed by atoms with Gasteiger partial charge in [0.15, 0.2) is 0 Å². The second-order valence-corrected chi connectivity index (χ2v) is 6.53. The lowest BCUT2D eigenvalue weighted by Crippen LogP contribution is -2.31. The molecule has 0 saturated carbocycles. The van der Waals surface area contributed by atoms with E-state index in [1.54, 1.807) is 18.4 Å². The zero-order chi connectivity index (χ0) is 13.7. The molecule has 0 amide bonds. The van der Waals surface area contributed by atoms with E-state index >= 15 is 0 Å². The molecule has 0 aliphatic rings. The predicted molar refractivity (Wildman–Crippen MR) is 76.0 cm³/mol. The highest BCUT2D eigenvalue weighted by atomic mass is 35.5. The van der Waals surface area contributed by atoms with Crippen LogP contribution in [0.1, 0.15) is 31.9 Å². The van der Waals surface area contributed by atoms with Crippen LogP contribution in [0.25, 0.3) is 0 Å². The third-order valence-electron chi connectivity index (χ3n) is 2.98. The third kappa shape index (κ3) is 4.04. The predicted octanol–water partition coefficient (Wildman–Crippen LogP) is 3.29. The summed E-state index contributed by atoms with van der Waals surface area (Å²) in [6.45, 7) is 4.48. The smallest absolute Gasteiger partial charge is 0.146 e. The highest BCUT2D eigenvalue weighted by Crippen LogP contribution is 2.25. The fraction of sp³-hybridized carbons (Fsp3) is 0.538. The van der Waals surface area contributed by atoms with Crippen LogP contribution in [0.2, 0.25) is 5.02 Å². The molecular formula is C13H19ClFNOS. The molecule has 0 saturated heterocycles. The van der Waals surface area contributed by atoms with Crippen LogP contribution in [-0.4, -0.2) is 22.3 Å². The van der Waals surface area contributed by atoms with Gasteiger partial charge in [-0.05, 0) is 19.4 Å². The molecule has 1 N–H and O–H groups in total. The Labute approximate surface area is 115 Å². The van der Waals surface area contributed by atoms with Gasteiger partial charge in [-0.25, -0.2) is 4.39 Å². The van der Waals surface area contributed by atoms with Crippen LogP contribution in [0.15, 0.2) is 18.2 Å². The second kappa shape index (κ2) is 7.22. The van der Waals surface area contributed by atoms with Crippen LogP contribution < -0.4 is 5.32 Å². The van der Waals surface area contributed by atoms with Gasteiger partial charge in [-0.2, -0.15) is 0 Å². The normalized spacial score (nSPS) is 16.3. The Morgan fingerprint density at radius 1 is 1.50 bits per heavy atom. The highest BCUT2D eigenvalue weighted by Gasteiger charge is 2.17. The molecule has 1 aromatic carbocycles. The van der Waals surface area contributed by atoms with E-state index < -0.39 is 10.8 Å². The minimum Gasteiger partial charge on any atom is -0.309 e. The van der Waals surface area contributed by atoms with E-state index in [1.807, 2.05) is 13.8 Å². The number of hydrogen-bond acceptors (Lipinski definition) is 2. The summed E-state index contributed by atoms with van der Waals surface area (Å²) in [5, 5.41) is 3.42. The Morgan fingerprint density at radius 2 is 2.17 bits per heavy atom. The van der Waals surface area contributed by atoms with Crippen molar-refractivity contribution in [2.24, 2.45) is 0 Å². The van der Waals surface area contributed by atoms with Crippen molar-refractivity contribution < 1.29 is 8.60 Å². The molecule has 1 rings (SSSR count). The summed E-state index contributed by atoms with van der Waals surface area (Å²) in [6.07, 6.45) is 2.42. The fourth-order valence-electron chi connectivity index (χ4n) is 1.69. The van der Waals surface area contributed by atoms with E-state index in [2.05, 4.69) is 5.32 Å². The summed E-state index contributed by atoms with van der Waals surface area (Å²) >= 11 is 5.78. The van der Waals surface area contributed by atoms with Crippen LogP contribution in [-0.2, 0) is 10.8 Å². The third-order valence-corrected chi connectivity index (χ3v) is 4.58. The first kappa shape index (κ1) is 15.6. The van der Waals surface area contributed by atoms with Crippen LogP contribution in [0.3, 0.4) is 0 Å². The number of halogens is 2. The van der Waals surface area contributed by atoms with Crippen molar-refractivity contribution in [2.45, 2.75) is 31.6 Å². The molecule has 0 aromatic heterocycles. The Morgan fingerprint density at radius 3 is 2.72 bits per heavy atom. The Balaban J connectivity index is 2.77. The lowest BCUT2D eigenvalue weighted by Gasteiger charge is -2.20. The van der Waals surface area contributed by atoms with E-state index in [4.69, 9.17) is 11.6 Å². The van der Waals surface area contributed by atoms with Gasteiger partial charge in [0.1, 0.15) is 5.82 Å². The number of benzene rings is 1. The summed E-state index contributed by atoms with van der Waals surface area (Å²) in [5.41, 5.74) is 0.569. The molecule has 0 aliphatic carbocycles. The van der Waals surface area contributed by atoms with Crippen molar-refractivity contribution >= 4 is 22.4 Å². The Hall–Kier alpha value is -0.450. The summed E-state index contributed by atoms with van der Waals surface area (Å²) in [7, 11) is -0.877. The Kier molecular flexibility index (Phi) is 6.26. The topological polar surface area (TPSA) is 29.1 Å².